The average Bonchev–Trinajstić information content (AvgIpc) is 2.43. The van der Waals surface area contributed by atoms with Crippen LogP contribution in [0.25, 0.3) is 0 Å². The van der Waals surface area contributed by atoms with Gasteiger partial charge in [-0.05, 0) is 49.2 Å². The Bertz CT molecular complexity index is 848. The predicted molar refractivity (Wildman–Crippen MR) is 86.7 cm³/mol. The molecular formula is C15H15ClN2O3S. The van der Waals surface area contributed by atoms with Gasteiger partial charge in [0, 0.05) is 11.3 Å². The number of rotatable bonds is 3. The molecule has 3 N–H and O–H groups in total. The van der Waals surface area contributed by atoms with Crippen LogP contribution in [0.5, 0.6) is 0 Å². The van der Waals surface area contributed by atoms with Crippen molar-refractivity contribution in [1.29, 1.82) is 0 Å². The second-order valence-electron chi connectivity index (χ2n) is 4.89. The highest BCUT2D eigenvalue weighted by Crippen LogP contribution is 2.23. The summed E-state index contributed by atoms with van der Waals surface area (Å²) >= 11 is 5.80. The van der Waals surface area contributed by atoms with E-state index in [2.05, 4.69) is 5.32 Å². The molecule has 0 aliphatic rings. The molecule has 2 rings (SSSR count). The molecule has 0 spiro atoms. The molecule has 1 amide bonds. The molecule has 116 valence electrons. The van der Waals surface area contributed by atoms with E-state index >= 15 is 0 Å². The summed E-state index contributed by atoms with van der Waals surface area (Å²) in [4.78, 5) is 12.0. The van der Waals surface area contributed by atoms with Crippen molar-refractivity contribution in [1.82, 2.24) is 0 Å². The predicted octanol–water partition coefficient (Wildman–Crippen LogP) is 2.86. The van der Waals surface area contributed by atoms with Crippen molar-refractivity contribution in [2.75, 3.05) is 5.32 Å². The summed E-state index contributed by atoms with van der Waals surface area (Å²) in [6.45, 7) is 3.83. The summed E-state index contributed by atoms with van der Waals surface area (Å²) in [5, 5.41) is 7.80. The highest BCUT2D eigenvalue weighted by atomic mass is 35.5. The third-order valence-corrected chi connectivity index (χ3v) is 4.75. The maximum atomic E-state index is 12.3. The molecule has 2 aromatic rings. The third-order valence-electron chi connectivity index (χ3n) is 3.35. The lowest BCUT2D eigenvalue weighted by Gasteiger charge is -2.11. The van der Waals surface area contributed by atoms with Crippen molar-refractivity contribution in [2.45, 2.75) is 18.7 Å². The van der Waals surface area contributed by atoms with Crippen LogP contribution < -0.4 is 10.5 Å². The van der Waals surface area contributed by atoms with Gasteiger partial charge in [-0.3, -0.25) is 4.79 Å². The molecule has 0 bridgehead atoms. The van der Waals surface area contributed by atoms with Crippen LogP contribution in [0, 0.1) is 13.8 Å². The molecule has 0 atom stereocenters. The van der Waals surface area contributed by atoms with Crippen LogP contribution in [0.15, 0.2) is 41.3 Å². The zero-order chi connectivity index (χ0) is 16.5. The lowest BCUT2D eigenvalue weighted by atomic mass is 10.1. The third kappa shape index (κ3) is 3.47. The van der Waals surface area contributed by atoms with Gasteiger partial charge in [0.25, 0.3) is 5.91 Å². The zero-order valence-corrected chi connectivity index (χ0v) is 13.6. The summed E-state index contributed by atoms with van der Waals surface area (Å²) in [7, 11) is -3.99. The number of carbonyl (C=O) groups is 1. The van der Waals surface area contributed by atoms with Crippen LogP contribution in [0.3, 0.4) is 0 Å². The van der Waals surface area contributed by atoms with Crippen molar-refractivity contribution in [3.8, 4) is 0 Å². The highest BCUT2D eigenvalue weighted by molar-refractivity contribution is 7.89. The summed E-state index contributed by atoms with van der Waals surface area (Å²) in [6, 6.07) is 9.48. The van der Waals surface area contributed by atoms with Crippen molar-refractivity contribution in [3.05, 3.63) is 58.1 Å². The van der Waals surface area contributed by atoms with Gasteiger partial charge in [0.05, 0.1) is 5.02 Å². The van der Waals surface area contributed by atoms with E-state index in [-0.39, 0.29) is 15.5 Å². The number of nitrogens with one attached hydrogen (secondary N) is 1. The number of aryl methyl sites for hydroxylation is 1. The number of benzene rings is 2. The number of nitrogens with two attached hydrogens (primary N) is 1. The molecular weight excluding hydrogens is 324 g/mol. The zero-order valence-electron chi connectivity index (χ0n) is 12.1. The smallest absolute Gasteiger partial charge is 0.255 e. The fourth-order valence-corrected chi connectivity index (χ4v) is 3.01. The lowest BCUT2D eigenvalue weighted by Crippen LogP contribution is -2.16. The molecule has 0 saturated heterocycles. The SMILES string of the molecule is Cc1cccc(NC(=O)c2ccc(Cl)c(S(N)(=O)=O)c2)c1C. The maximum Gasteiger partial charge on any atom is 0.255 e. The Labute approximate surface area is 134 Å². The normalized spacial score (nSPS) is 11.3. The molecule has 0 fully saturated rings. The van der Waals surface area contributed by atoms with Crippen molar-refractivity contribution in [2.24, 2.45) is 5.14 Å². The second kappa shape index (κ2) is 6.08. The number of halogens is 1. The fourth-order valence-electron chi connectivity index (χ4n) is 1.94. The maximum absolute atomic E-state index is 12.3. The van der Waals surface area contributed by atoms with E-state index in [0.717, 1.165) is 17.2 Å². The van der Waals surface area contributed by atoms with E-state index in [9.17, 15) is 13.2 Å². The fraction of sp³-hybridized carbons (Fsp3) is 0.133. The summed E-state index contributed by atoms with van der Waals surface area (Å²) in [5.74, 6) is -0.435. The number of hydrogen-bond acceptors (Lipinski definition) is 3. The second-order valence-corrected chi connectivity index (χ2v) is 6.83. The Balaban J connectivity index is 2.37. The van der Waals surface area contributed by atoms with E-state index in [1.807, 2.05) is 26.0 Å². The molecule has 0 radical (unpaired) electrons. The minimum atomic E-state index is -3.99. The minimum absolute atomic E-state index is 0.0224. The average molecular weight is 339 g/mol. The molecule has 0 aliphatic carbocycles. The summed E-state index contributed by atoms with van der Waals surface area (Å²) in [5.41, 5.74) is 2.81. The molecule has 7 heteroatoms. The van der Waals surface area contributed by atoms with Gasteiger partial charge >= 0.3 is 0 Å². The molecule has 2 aromatic carbocycles. The number of anilines is 1. The van der Waals surface area contributed by atoms with Gasteiger partial charge in [-0.25, -0.2) is 13.6 Å². The van der Waals surface area contributed by atoms with E-state index in [4.69, 9.17) is 16.7 Å². The quantitative estimate of drug-likeness (QED) is 0.901. The molecule has 0 aromatic heterocycles. The van der Waals surface area contributed by atoms with Crippen LogP contribution in [-0.4, -0.2) is 14.3 Å². The number of sulfonamides is 1. The van der Waals surface area contributed by atoms with Gasteiger partial charge in [-0.1, -0.05) is 23.7 Å². The van der Waals surface area contributed by atoms with Crippen LogP contribution >= 0.6 is 11.6 Å². The Morgan fingerprint density at radius 3 is 2.50 bits per heavy atom. The molecule has 0 unspecified atom stereocenters. The van der Waals surface area contributed by atoms with Crippen LogP contribution in [0.4, 0.5) is 5.69 Å². The van der Waals surface area contributed by atoms with Crippen LogP contribution in [0.2, 0.25) is 5.02 Å². The Hall–Kier alpha value is -1.89. The largest absolute Gasteiger partial charge is 0.322 e. The van der Waals surface area contributed by atoms with Gasteiger partial charge in [-0.2, -0.15) is 0 Å². The Kier molecular flexibility index (Phi) is 4.55. The standard InChI is InChI=1S/C15H15ClN2O3S/c1-9-4-3-5-13(10(9)2)18-15(19)11-6-7-12(16)14(8-11)22(17,20)21/h3-8H,1-2H3,(H,18,19)(H2,17,20,21). The van der Waals surface area contributed by atoms with E-state index < -0.39 is 15.9 Å². The van der Waals surface area contributed by atoms with E-state index in [1.165, 1.54) is 12.1 Å². The molecule has 0 heterocycles. The number of amides is 1. The number of carbonyl (C=O) groups excluding carboxylic acids is 1. The minimum Gasteiger partial charge on any atom is -0.322 e. The topological polar surface area (TPSA) is 89.3 Å². The van der Waals surface area contributed by atoms with Gasteiger partial charge in [0.1, 0.15) is 4.90 Å². The first-order valence-corrected chi connectivity index (χ1v) is 8.32. The highest BCUT2D eigenvalue weighted by Gasteiger charge is 2.17. The van der Waals surface area contributed by atoms with E-state index in [0.29, 0.717) is 5.69 Å². The van der Waals surface area contributed by atoms with Crippen molar-refractivity contribution < 1.29 is 13.2 Å². The first kappa shape index (κ1) is 16.5. The lowest BCUT2D eigenvalue weighted by molar-refractivity contribution is 0.102. The first-order chi connectivity index (χ1) is 10.2. The first-order valence-electron chi connectivity index (χ1n) is 6.40. The van der Waals surface area contributed by atoms with Gasteiger partial charge in [0.15, 0.2) is 0 Å². The van der Waals surface area contributed by atoms with Gasteiger partial charge in [-0.15, -0.1) is 0 Å². The molecule has 22 heavy (non-hydrogen) atoms. The van der Waals surface area contributed by atoms with Crippen molar-refractivity contribution >= 4 is 33.2 Å². The van der Waals surface area contributed by atoms with Gasteiger partial charge in [0.2, 0.25) is 10.0 Å². The summed E-state index contributed by atoms with van der Waals surface area (Å²) in [6.07, 6.45) is 0. The number of primary sulfonamides is 1. The molecule has 5 nitrogen and oxygen atoms in total. The monoisotopic (exact) mass is 338 g/mol. The van der Waals surface area contributed by atoms with Gasteiger partial charge < -0.3 is 5.32 Å². The Morgan fingerprint density at radius 2 is 1.86 bits per heavy atom. The molecule has 0 saturated carbocycles. The number of hydrogen-bond donors (Lipinski definition) is 2. The van der Waals surface area contributed by atoms with Crippen molar-refractivity contribution in [3.63, 3.8) is 0 Å². The molecule has 0 aliphatic heterocycles. The van der Waals surface area contributed by atoms with Crippen LogP contribution in [0.1, 0.15) is 21.5 Å². The summed E-state index contributed by atoms with van der Waals surface area (Å²) < 4.78 is 22.9. The van der Waals surface area contributed by atoms with Crippen LogP contribution in [-0.2, 0) is 10.0 Å². The van der Waals surface area contributed by atoms with E-state index in [1.54, 1.807) is 6.07 Å². The Morgan fingerprint density at radius 1 is 1.18 bits per heavy atom.